The molecule has 0 saturated carbocycles. The van der Waals surface area contributed by atoms with E-state index >= 15 is 0 Å². The van der Waals surface area contributed by atoms with Crippen LogP contribution in [-0.2, 0) is 28.6 Å². The lowest BCUT2D eigenvalue weighted by Crippen LogP contribution is -2.13. The second-order valence-corrected chi connectivity index (χ2v) is 11.7. The molecule has 10 heteroatoms. The van der Waals surface area contributed by atoms with Gasteiger partial charge in [0.2, 0.25) is 5.12 Å². The minimum absolute atomic E-state index is 0.0306. The molecular weight excluding hydrogens is 632 g/mol. The summed E-state index contributed by atoms with van der Waals surface area (Å²) in [6.45, 7) is 9.49. The second-order valence-electron chi connectivity index (χ2n) is 10.6. The molecule has 48 heavy (non-hydrogen) atoms. The number of esters is 3. The van der Waals surface area contributed by atoms with Gasteiger partial charge in [-0.1, -0.05) is 43.5 Å². The van der Waals surface area contributed by atoms with E-state index in [-0.39, 0.29) is 36.9 Å². The Bertz CT molecular complexity index is 1790. The molecule has 0 unspecified atom stereocenters. The molecule has 0 atom stereocenters. The maximum absolute atomic E-state index is 13.0. The van der Waals surface area contributed by atoms with Crippen molar-refractivity contribution in [2.75, 3.05) is 33.5 Å². The van der Waals surface area contributed by atoms with Crippen LogP contribution < -0.4 is 9.47 Å². The van der Waals surface area contributed by atoms with Crippen LogP contribution in [-0.4, -0.2) is 56.6 Å². The third-order valence-electron chi connectivity index (χ3n) is 6.90. The maximum atomic E-state index is 13.0. The van der Waals surface area contributed by atoms with Gasteiger partial charge in [-0.15, -0.1) is 0 Å². The smallest absolute Gasteiger partial charge is 0.333 e. The highest BCUT2D eigenvalue weighted by molar-refractivity contribution is 8.14. The van der Waals surface area contributed by atoms with Crippen molar-refractivity contribution < 1.29 is 42.9 Å². The molecule has 0 spiro atoms. The molecule has 248 valence electrons. The van der Waals surface area contributed by atoms with E-state index in [4.69, 9.17) is 18.9 Å². The van der Waals surface area contributed by atoms with Crippen molar-refractivity contribution in [3.63, 3.8) is 0 Å². The van der Waals surface area contributed by atoms with Crippen molar-refractivity contribution in [3.8, 4) is 22.6 Å². The number of benzene rings is 4. The standard InChI is InChI=1S/C38H36O9S/c1-25(2)36(40)47-21-20-45-33-13-8-27(9-14-33)29-6-7-31-24-34(17-12-30(31)23-29)48-38(42)28-10-15-32(16-11-28)44-18-5-19-46-37(41)26(3)22-35(39)43-4/h6-17,23-24H,1,3,5,18-22H2,2,4H3. The van der Waals surface area contributed by atoms with E-state index in [2.05, 4.69) is 24.0 Å². The highest BCUT2D eigenvalue weighted by atomic mass is 32.2. The van der Waals surface area contributed by atoms with E-state index in [9.17, 15) is 19.2 Å². The zero-order valence-electron chi connectivity index (χ0n) is 26.8. The fraction of sp³-hybridized carbons (Fsp3) is 0.211. The van der Waals surface area contributed by atoms with Crippen LogP contribution in [0.2, 0.25) is 0 Å². The fourth-order valence-electron chi connectivity index (χ4n) is 4.32. The third-order valence-corrected chi connectivity index (χ3v) is 7.81. The van der Waals surface area contributed by atoms with Crippen LogP contribution >= 0.6 is 11.8 Å². The summed E-state index contributed by atoms with van der Waals surface area (Å²) < 4.78 is 26.0. The van der Waals surface area contributed by atoms with Crippen LogP contribution in [0.15, 0.2) is 114 Å². The summed E-state index contributed by atoms with van der Waals surface area (Å²) in [6, 6.07) is 26.7. The summed E-state index contributed by atoms with van der Waals surface area (Å²) in [6.07, 6.45) is 0.224. The normalized spacial score (nSPS) is 10.5. The first kappa shape index (κ1) is 35.5. The molecule has 0 N–H and O–H groups in total. The maximum Gasteiger partial charge on any atom is 0.333 e. The van der Waals surface area contributed by atoms with Crippen LogP contribution in [0.25, 0.3) is 21.9 Å². The van der Waals surface area contributed by atoms with Gasteiger partial charge in [0.15, 0.2) is 0 Å². The predicted molar refractivity (Wildman–Crippen MR) is 184 cm³/mol. The molecule has 9 nitrogen and oxygen atoms in total. The summed E-state index contributed by atoms with van der Waals surface area (Å²) in [5.41, 5.74) is 3.00. The molecule has 0 aromatic heterocycles. The van der Waals surface area contributed by atoms with Gasteiger partial charge < -0.3 is 23.7 Å². The van der Waals surface area contributed by atoms with Gasteiger partial charge in [-0.3, -0.25) is 9.59 Å². The molecule has 0 fully saturated rings. The third kappa shape index (κ3) is 10.6. The highest BCUT2D eigenvalue weighted by Gasteiger charge is 2.14. The van der Waals surface area contributed by atoms with E-state index in [1.54, 1.807) is 31.2 Å². The van der Waals surface area contributed by atoms with Crippen molar-refractivity contribution in [3.05, 3.63) is 115 Å². The molecule has 4 rings (SSSR count). The Balaban J connectivity index is 1.23. The van der Waals surface area contributed by atoms with Crippen molar-refractivity contribution in [1.82, 2.24) is 0 Å². The summed E-state index contributed by atoms with van der Waals surface area (Å²) in [7, 11) is 1.24. The van der Waals surface area contributed by atoms with Crippen LogP contribution in [0.1, 0.15) is 30.1 Å². The molecule has 0 aliphatic rings. The number of ether oxygens (including phenoxy) is 5. The van der Waals surface area contributed by atoms with Crippen LogP contribution in [0, 0.1) is 0 Å². The molecule has 0 radical (unpaired) electrons. The number of carbonyl (C=O) groups excluding carboxylic acids is 4. The molecule has 4 aromatic rings. The minimum Gasteiger partial charge on any atom is -0.493 e. The number of hydrogen-bond donors (Lipinski definition) is 0. The van der Waals surface area contributed by atoms with Gasteiger partial charge in [0.05, 0.1) is 26.7 Å². The molecule has 0 aliphatic heterocycles. The van der Waals surface area contributed by atoms with Crippen molar-refractivity contribution in [1.29, 1.82) is 0 Å². The number of thioether (sulfide) groups is 1. The quantitative estimate of drug-likeness (QED) is 0.0394. The minimum atomic E-state index is -0.649. The van der Waals surface area contributed by atoms with Crippen LogP contribution in [0.4, 0.5) is 0 Å². The molecule has 0 amide bonds. The van der Waals surface area contributed by atoms with Crippen molar-refractivity contribution in [2.24, 2.45) is 0 Å². The average Bonchev–Trinajstić information content (AvgIpc) is 3.09. The first-order chi connectivity index (χ1) is 23.1. The Kier molecular flexibility index (Phi) is 13.0. The summed E-state index contributed by atoms with van der Waals surface area (Å²) >= 11 is 1.15. The molecule has 0 bridgehead atoms. The lowest BCUT2D eigenvalue weighted by Gasteiger charge is -2.09. The number of hydrogen-bond acceptors (Lipinski definition) is 10. The SMILES string of the molecule is C=C(C)C(=O)OCCOc1ccc(-c2ccc3cc(SC(=O)c4ccc(OCCCOC(=O)C(=C)CC(=O)OC)cc4)ccc3c2)cc1. The van der Waals surface area contributed by atoms with Gasteiger partial charge in [-0.25, -0.2) is 9.59 Å². The summed E-state index contributed by atoms with van der Waals surface area (Å²) in [4.78, 5) is 48.3. The monoisotopic (exact) mass is 668 g/mol. The van der Waals surface area contributed by atoms with E-state index in [1.807, 2.05) is 54.6 Å². The zero-order chi connectivity index (χ0) is 34.5. The van der Waals surface area contributed by atoms with Gasteiger partial charge in [-0.05, 0) is 95.2 Å². The van der Waals surface area contributed by atoms with Crippen molar-refractivity contribution >= 4 is 45.6 Å². The topological polar surface area (TPSA) is 114 Å². The van der Waals surface area contributed by atoms with Gasteiger partial charge in [0.1, 0.15) is 24.7 Å². The molecule has 0 saturated heterocycles. The van der Waals surface area contributed by atoms with Gasteiger partial charge in [0, 0.05) is 28.0 Å². The van der Waals surface area contributed by atoms with E-state index in [0.29, 0.717) is 35.7 Å². The lowest BCUT2D eigenvalue weighted by atomic mass is 10.0. The molecule has 0 heterocycles. The number of rotatable bonds is 16. The second kappa shape index (κ2) is 17.5. The lowest BCUT2D eigenvalue weighted by molar-refractivity contribution is -0.144. The molecule has 4 aromatic carbocycles. The summed E-state index contributed by atoms with van der Waals surface area (Å²) in [5, 5.41) is 1.97. The average molecular weight is 669 g/mol. The number of methoxy groups -OCH3 is 1. The van der Waals surface area contributed by atoms with Gasteiger partial charge >= 0.3 is 17.9 Å². The number of carbonyl (C=O) groups is 4. The number of fused-ring (bicyclic) bond motifs is 1. The fourth-order valence-corrected chi connectivity index (χ4v) is 5.11. The molecule has 0 aliphatic carbocycles. The predicted octanol–water partition coefficient (Wildman–Crippen LogP) is 7.37. The van der Waals surface area contributed by atoms with E-state index < -0.39 is 17.9 Å². The largest absolute Gasteiger partial charge is 0.493 e. The van der Waals surface area contributed by atoms with E-state index in [1.165, 1.54) is 7.11 Å². The highest BCUT2D eigenvalue weighted by Crippen LogP contribution is 2.30. The van der Waals surface area contributed by atoms with Gasteiger partial charge in [-0.2, -0.15) is 0 Å². The van der Waals surface area contributed by atoms with E-state index in [0.717, 1.165) is 38.6 Å². The Morgan fingerprint density at radius 1 is 0.667 bits per heavy atom. The zero-order valence-corrected chi connectivity index (χ0v) is 27.6. The Morgan fingerprint density at radius 3 is 1.96 bits per heavy atom. The van der Waals surface area contributed by atoms with Crippen LogP contribution in [0.3, 0.4) is 0 Å². The molecular formula is C38H36O9S. The van der Waals surface area contributed by atoms with Gasteiger partial charge in [0.25, 0.3) is 0 Å². The Morgan fingerprint density at radius 2 is 1.27 bits per heavy atom. The Hall–Kier alpha value is -5.35. The van der Waals surface area contributed by atoms with Crippen LogP contribution in [0.5, 0.6) is 11.5 Å². The first-order valence-electron chi connectivity index (χ1n) is 15.1. The Labute approximate surface area is 283 Å². The summed E-state index contributed by atoms with van der Waals surface area (Å²) in [5.74, 6) is -0.375. The first-order valence-corrected chi connectivity index (χ1v) is 15.9. The van der Waals surface area contributed by atoms with Crippen molar-refractivity contribution in [2.45, 2.75) is 24.7 Å².